The maximum atomic E-state index is 12.0. The number of furan rings is 1. The standard InChI is InChI=1S/C13H22N2O2/c1-2-9-15(10-4-8-14)13(16)7-6-12-5-3-11-17-12/h3,5,11H,2,4,6-10,14H2,1H3. The maximum absolute atomic E-state index is 12.0. The van der Waals surface area contributed by atoms with E-state index in [-0.39, 0.29) is 5.91 Å². The lowest BCUT2D eigenvalue weighted by Crippen LogP contribution is -2.33. The lowest BCUT2D eigenvalue weighted by molar-refractivity contribution is -0.131. The van der Waals surface area contributed by atoms with Crippen LogP contribution in [0.25, 0.3) is 0 Å². The van der Waals surface area contributed by atoms with Crippen LogP contribution in [0.4, 0.5) is 0 Å². The molecule has 0 aliphatic rings. The van der Waals surface area contributed by atoms with Crippen LogP contribution in [-0.4, -0.2) is 30.4 Å². The minimum absolute atomic E-state index is 0.191. The molecule has 17 heavy (non-hydrogen) atoms. The Balaban J connectivity index is 2.35. The smallest absolute Gasteiger partial charge is 0.223 e. The van der Waals surface area contributed by atoms with Crippen LogP contribution in [-0.2, 0) is 11.2 Å². The lowest BCUT2D eigenvalue weighted by atomic mass is 10.2. The van der Waals surface area contributed by atoms with Gasteiger partial charge < -0.3 is 15.1 Å². The Bertz CT molecular complexity index is 309. The van der Waals surface area contributed by atoms with Gasteiger partial charge in [0.15, 0.2) is 0 Å². The highest BCUT2D eigenvalue weighted by Gasteiger charge is 2.12. The third-order valence-electron chi connectivity index (χ3n) is 2.64. The summed E-state index contributed by atoms with van der Waals surface area (Å²) in [5.41, 5.74) is 5.47. The third-order valence-corrected chi connectivity index (χ3v) is 2.64. The molecule has 4 nitrogen and oxygen atoms in total. The number of hydrogen-bond donors (Lipinski definition) is 1. The van der Waals surface area contributed by atoms with Crippen molar-refractivity contribution in [1.29, 1.82) is 0 Å². The lowest BCUT2D eigenvalue weighted by Gasteiger charge is -2.21. The quantitative estimate of drug-likeness (QED) is 0.751. The Hall–Kier alpha value is -1.29. The number of carbonyl (C=O) groups excluding carboxylic acids is 1. The summed E-state index contributed by atoms with van der Waals surface area (Å²) in [6.07, 6.45) is 4.67. The van der Waals surface area contributed by atoms with Crippen LogP contribution < -0.4 is 5.73 Å². The number of aryl methyl sites for hydroxylation is 1. The minimum atomic E-state index is 0.191. The van der Waals surface area contributed by atoms with Crippen molar-refractivity contribution in [2.45, 2.75) is 32.6 Å². The van der Waals surface area contributed by atoms with E-state index in [1.807, 2.05) is 17.0 Å². The number of rotatable bonds is 8. The molecule has 1 aromatic heterocycles. The SMILES string of the molecule is CCCN(CCCN)C(=O)CCc1ccco1. The summed E-state index contributed by atoms with van der Waals surface area (Å²) in [5, 5.41) is 0. The zero-order valence-corrected chi connectivity index (χ0v) is 10.5. The average Bonchev–Trinajstić information content (AvgIpc) is 2.84. The largest absolute Gasteiger partial charge is 0.469 e. The molecule has 0 spiro atoms. The monoisotopic (exact) mass is 238 g/mol. The Morgan fingerprint density at radius 3 is 2.88 bits per heavy atom. The Morgan fingerprint density at radius 2 is 2.29 bits per heavy atom. The predicted octanol–water partition coefficient (Wildman–Crippen LogP) is 1.80. The van der Waals surface area contributed by atoms with Crippen LogP contribution in [0.1, 0.15) is 31.9 Å². The van der Waals surface area contributed by atoms with Gasteiger partial charge in [0.05, 0.1) is 6.26 Å². The van der Waals surface area contributed by atoms with Gasteiger partial charge in [0.1, 0.15) is 5.76 Å². The fourth-order valence-electron chi connectivity index (χ4n) is 1.76. The van der Waals surface area contributed by atoms with E-state index in [1.54, 1.807) is 6.26 Å². The maximum Gasteiger partial charge on any atom is 0.223 e. The Kier molecular flexibility index (Phi) is 6.40. The molecule has 0 fully saturated rings. The van der Waals surface area contributed by atoms with Gasteiger partial charge in [0.25, 0.3) is 0 Å². The molecule has 0 aromatic carbocycles. The molecule has 96 valence electrons. The second-order valence-corrected chi connectivity index (χ2v) is 4.10. The second-order valence-electron chi connectivity index (χ2n) is 4.10. The van der Waals surface area contributed by atoms with E-state index in [0.717, 1.165) is 31.7 Å². The molecule has 0 radical (unpaired) electrons. The minimum Gasteiger partial charge on any atom is -0.469 e. The predicted molar refractivity (Wildman–Crippen MR) is 67.6 cm³/mol. The molecular weight excluding hydrogens is 216 g/mol. The van der Waals surface area contributed by atoms with E-state index >= 15 is 0 Å². The van der Waals surface area contributed by atoms with E-state index in [9.17, 15) is 4.79 Å². The van der Waals surface area contributed by atoms with Gasteiger partial charge in [-0.2, -0.15) is 0 Å². The molecule has 0 saturated carbocycles. The molecular formula is C13H22N2O2. The van der Waals surface area contributed by atoms with Crippen molar-refractivity contribution in [3.8, 4) is 0 Å². The number of hydrogen-bond acceptors (Lipinski definition) is 3. The van der Waals surface area contributed by atoms with Crippen molar-refractivity contribution in [1.82, 2.24) is 4.90 Å². The van der Waals surface area contributed by atoms with Crippen molar-refractivity contribution < 1.29 is 9.21 Å². The van der Waals surface area contributed by atoms with Crippen molar-refractivity contribution in [2.24, 2.45) is 5.73 Å². The zero-order chi connectivity index (χ0) is 12.5. The van der Waals surface area contributed by atoms with E-state index in [2.05, 4.69) is 6.92 Å². The first-order valence-corrected chi connectivity index (χ1v) is 6.28. The summed E-state index contributed by atoms with van der Waals surface area (Å²) in [4.78, 5) is 13.9. The zero-order valence-electron chi connectivity index (χ0n) is 10.5. The molecule has 1 rings (SSSR count). The van der Waals surface area contributed by atoms with Gasteiger partial charge in [-0.05, 0) is 31.5 Å². The molecule has 0 atom stereocenters. The van der Waals surface area contributed by atoms with Gasteiger partial charge in [0.2, 0.25) is 5.91 Å². The van der Waals surface area contributed by atoms with Crippen LogP contribution in [0.15, 0.2) is 22.8 Å². The first kappa shape index (κ1) is 13.8. The highest BCUT2D eigenvalue weighted by molar-refractivity contribution is 5.76. The molecule has 1 aromatic rings. The van der Waals surface area contributed by atoms with E-state index in [1.165, 1.54) is 0 Å². The molecule has 1 amide bonds. The Labute approximate surface area is 103 Å². The number of nitrogens with two attached hydrogens (primary N) is 1. The fraction of sp³-hybridized carbons (Fsp3) is 0.615. The summed E-state index contributed by atoms with van der Waals surface area (Å²) < 4.78 is 5.21. The number of nitrogens with zero attached hydrogens (tertiary/aromatic N) is 1. The van der Waals surface area contributed by atoms with Crippen LogP contribution in [0, 0.1) is 0 Å². The normalized spacial score (nSPS) is 10.5. The molecule has 0 saturated heterocycles. The van der Waals surface area contributed by atoms with Crippen LogP contribution in [0.3, 0.4) is 0 Å². The third kappa shape index (κ3) is 5.04. The molecule has 1 heterocycles. The highest BCUT2D eigenvalue weighted by atomic mass is 16.3. The summed E-state index contributed by atoms with van der Waals surface area (Å²) >= 11 is 0. The van der Waals surface area contributed by atoms with Gasteiger partial charge in [-0.15, -0.1) is 0 Å². The van der Waals surface area contributed by atoms with E-state index in [4.69, 9.17) is 10.2 Å². The molecule has 0 aliphatic carbocycles. The summed E-state index contributed by atoms with van der Waals surface area (Å²) in [6, 6.07) is 3.75. The topological polar surface area (TPSA) is 59.5 Å². The molecule has 0 aliphatic heterocycles. The van der Waals surface area contributed by atoms with Gasteiger partial charge in [-0.25, -0.2) is 0 Å². The molecule has 4 heteroatoms. The number of carbonyl (C=O) groups is 1. The van der Waals surface area contributed by atoms with Crippen molar-refractivity contribution in [3.05, 3.63) is 24.2 Å². The highest BCUT2D eigenvalue weighted by Crippen LogP contribution is 2.06. The van der Waals surface area contributed by atoms with Crippen molar-refractivity contribution >= 4 is 5.91 Å². The van der Waals surface area contributed by atoms with E-state index < -0.39 is 0 Å². The summed E-state index contributed by atoms with van der Waals surface area (Å²) in [6.45, 7) is 4.29. The van der Waals surface area contributed by atoms with Gasteiger partial charge >= 0.3 is 0 Å². The van der Waals surface area contributed by atoms with Crippen LogP contribution in [0.5, 0.6) is 0 Å². The first-order chi connectivity index (χ1) is 8.27. The average molecular weight is 238 g/mol. The number of amides is 1. The van der Waals surface area contributed by atoms with Crippen molar-refractivity contribution in [2.75, 3.05) is 19.6 Å². The van der Waals surface area contributed by atoms with Gasteiger partial charge in [-0.1, -0.05) is 6.92 Å². The first-order valence-electron chi connectivity index (χ1n) is 6.28. The molecule has 0 unspecified atom stereocenters. The Morgan fingerprint density at radius 1 is 1.47 bits per heavy atom. The second kappa shape index (κ2) is 7.90. The van der Waals surface area contributed by atoms with Crippen molar-refractivity contribution in [3.63, 3.8) is 0 Å². The van der Waals surface area contributed by atoms with Gasteiger partial charge in [-0.3, -0.25) is 4.79 Å². The van der Waals surface area contributed by atoms with Crippen LogP contribution in [0.2, 0.25) is 0 Å². The van der Waals surface area contributed by atoms with Crippen LogP contribution >= 0.6 is 0 Å². The van der Waals surface area contributed by atoms with E-state index in [0.29, 0.717) is 19.4 Å². The molecule has 2 N–H and O–H groups in total. The summed E-state index contributed by atoms with van der Waals surface area (Å²) in [7, 11) is 0. The summed E-state index contributed by atoms with van der Waals surface area (Å²) in [5.74, 6) is 1.06. The molecule has 0 bridgehead atoms. The van der Waals surface area contributed by atoms with Gasteiger partial charge in [0, 0.05) is 25.9 Å². The fourth-order valence-corrected chi connectivity index (χ4v) is 1.76.